The Morgan fingerprint density at radius 3 is 2.54 bits per heavy atom. The summed E-state index contributed by atoms with van der Waals surface area (Å²) in [5, 5.41) is 12.7. The number of ether oxygens (including phenoxy) is 1. The summed E-state index contributed by atoms with van der Waals surface area (Å²) < 4.78 is 4.83. The molecule has 0 unspecified atom stereocenters. The summed E-state index contributed by atoms with van der Waals surface area (Å²) in [7, 11) is 1.38. The number of carbonyl (C=O) groups is 2. The van der Waals surface area contributed by atoms with Crippen LogP contribution in [0, 0.1) is 5.92 Å². The maximum atomic E-state index is 11.9. The Kier molecular flexibility index (Phi) is 3.99. The van der Waals surface area contributed by atoms with Gasteiger partial charge >= 0.3 is 11.9 Å². The van der Waals surface area contributed by atoms with Crippen molar-refractivity contribution in [1.29, 1.82) is 0 Å². The van der Waals surface area contributed by atoms with E-state index < -0.39 is 5.97 Å². The van der Waals surface area contributed by atoms with Crippen LogP contribution in [0.25, 0.3) is 0 Å². The highest BCUT2D eigenvalue weighted by Gasteiger charge is 2.38. The second-order valence-electron chi connectivity index (χ2n) is 6.70. The molecule has 0 saturated carbocycles. The first-order valence-electron chi connectivity index (χ1n) is 8.57. The fraction of sp³-hybridized carbons (Fsp3) is 0.238. The minimum Gasteiger partial charge on any atom is -0.478 e. The number of anilines is 1. The molecule has 2 aromatic carbocycles. The molecule has 3 atom stereocenters. The molecule has 0 amide bonds. The van der Waals surface area contributed by atoms with Gasteiger partial charge in [-0.2, -0.15) is 0 Å². The summed E-state index contributed by atoms with van der Waals surface area (Å²) in [5.74, 6) is -0.710. The number of methoxy groups -OCH3 is 1. The number of rotatable bonds is 3. The molecule has 132 valence electrons. The first-order chi connectivity index (χ1) is 12.6. The van der Waals surface area contributed by atoms with E-state index in [1.165, 1.54) is 7.11 Å². The lowest BCUT2D eigenvalue weighted by molar-refractivity contribution is 0.0599. The number of hydrogen-bond acceptors (Lipinski definition) is 4. The Hall–Kier alpha value is -3.08. The number of fused-ring (bicyclic) bond motifs is 3. The molecule has 2 aliphatic rings. The number of aromatic carboxylic acids is 1. The highest BCUT2D eigenvalue weighted by atomic mass is 16.5. The van der Waals surface area contributed by atoms with Gasteiger partial charge in [-0.15, -0.1) is 0 Å². The van der Waals surface area contributed by atoms with Gasteiger partial charge in [-0.05, 0) is 53.8 Å². The van der Waals surface area contributed by atoms with Gasteiger partial charge in [-0.1, -0.05) is 24.3 Å². The number of esters is 1. The lowest BCUT2D eigenvalue weighted by atomic mass is 9.76. The van der Waals surface area contributed by atoms with Crippen LogP contribution in [-0.2, 0) is 4.74 Å². The van der Waals surface area contributed by atoms with E-state index in [1.54, 1.807) is 18.2 Å². The van der Waals surface area contributed by atoms with E-state index in [0.717, 1.165) is 23.2 Å². The Morgan fingerprint density at radius 1 is 1.12 bits per heavy atom. The van der Waals surface area contributed by atoms with Gasteiger partial charge < -0.3 is 15.2 Å². The van der Waals surface area contributed by atoms with Gasteiger partial charge in [0.1, 0.15) is 0 Å². The summed E-state index contributed by atoms with van der Waals surface area (Å²) in [4.78, 5) is 22.9. The molecule has 0 saturated heterocycles. The standard InChI is InChI=1S/C21H19NO4/c1-26-21(25)14-9-10-18-17(11-14)15-3-2-4-16(15)19(22-18)12-5-7-13(8-6-12)20(23)24/h2-3,5-11,15-16,19,22H,4H2,1H3,(H,23,24)/t15-,16-,19-/m1/s1. The first kappa shape index (κ1) is 16.4. The summed E-state index contributed by atoms with van der Waals surface area (Å²) in [6.45, 7) is 0. The molecule has 26 heavy (non-hydrogen) atoms. The molecule has 0 fully saturated rings. The first-order valence-corrected chi connectivity index (χ1v) is 8.57. The molecule has 5 heteroatoms. The number of carbonyl (C=O) groups excluding carboxylic acids is 1. The summed E-state index contributed by atoms with van der Waals surface area (Å²) in [6, 6.07) is 12.7. The zero-order chi connectivity index (χ0) is 18.3. The van der Waals surface area contributed by atoms with Gasteiger partial charge in [0.15, 0.2) is 0 Å². The average molecular weight is 349 g/mol. The molecule has 5 nitrogen and oxygen atoms in total. The Bertz CT molecular complexity index is 901. The smallest absolute Gasteiger partial charge is 0.337 e. The third kappa shape index (κ3) is 2.65. The maximum Gasteiger partial charge on any atom is 0.337 e. The van der Waals surface area contributed by atoms with Crippen LogP contribution < -0.4 is 5.32 Å². The van der Waals surface area contributed by atoms with Crippen molar-refractivity contribution in [2.24, 2.45) is 5.92 Å². The van der Waals surface area contributed by atoms with E-state index in [-0.39, 0.29) is 23.5 Å². The van der Waals surface area contributed by atoms with E-state index in [1.807, 2.05) is 24.3 Å². The summed E-state index contributed by atoms with van der Waals surface area (Å²) in [6.07, 6.45) is 5.31. The van der Waals surface area contributed by atoms with Crippen LogP contribution in [0.1, 0.15) is 50.2 Å². The van der Waals surface area contributed by atoms with Crippen LogP contribution in [0.15, 0.2) is 54.6 Å². The third-order valence-electron chi connectivity index (χ3n) is 5.30. The summed E-state index contributed by atoms with van der Waals surface area (Å²) >= 11 is 0. The van der Waals surface area contributed by atoms with Crippen molar-refractivity contribution in [3.05, 3.63) is 76.9 Å². The van der Waals surface area contributed by atoms with Gasteiger partial charge in [-0.3, -0.25) is 0 Å². The maximum absolute atomic E-state index is 11.9. The molecular weight excluding hydrogens is 330 g/mol. The van der Waals surface area contributed by atoms with Crippen molar-refractivity contribution in [2.75, 3.05) is 12.4 Å². The molecule has 0 bridgehead atoms. The quantitative estimate of drug-likeness (QED) is 0.647. The monoisotopic (exact) mass is 349 g/mol. The van der Waals surface area contributed by atoms with E-state index >= 15 is 0 Å². The molecule has 4 rings (SSSR count). The van der Waals surface area contributed by atoms with E-state index in [2.05, 4.69) is 17.5 Å². The Balaban J connectivity index is 1.71. The van der Waals surface area contributed by atoms with Crippen LogP contribution in [0.4, 0.5) is 5.69 Å². The number of hydrogen-bond donors (Lipinski definition) is 2. The molecule has 0 radical (unpaired) electrons. The topological polar surface area (TPSA) is 75.6 Å². The number of allylic oxidation sites excluding steroid dienone is 2. The van der Waals surface area contributed by atoms with Crippen LogP contribution in [0.3, 0.4) is 0 Å². The van der Waals surface area contributed by atoms with Crippen LogP contribution in [0.5, 0.6) is 0 Å². The van der Waals surface area contributed by atoms with E-state index in [9.17, 15) is 9.59 Å². The molecular formula is C21H19NO4. The van der Waals surface area contributed by atoms with Gasteiger partial charge in [0.05, 0.1) is 24.3 Å². The number of nitrogens with one attached hydrogen (secondary N) is 1. The predicted molar refractivity (Wildman–Crippen MR) is 97.5 cm³/mol. The fourth-order valence-electron chi connectivity index (χ4n) is 4.00. The van der Waals surface area contributed by atoms with E-state index in [4.69, 9.17) is 9.84 Å². The van der Waals surface area contributed by atoms with Gasteiger partial charge in [0.2, 0.25) is 0 Å². The molecule has 2 aromatic rings. The zero-order valence-corrected chi connectivity index (χ0v) is 14.3. The Labute approximate surface area is 151 Å². The normalized spacial score (nSPS) is 22.9. The lowest BCUT2D eigenvalue weighted by Gasteiger charge is -2.37. The fourth-order valence-corrected chi connectivity index (χ4v) is 4.00. The third-order valence-corrected chi connectivity index (χ3v) is 5.30. The minimum atomic E-state index is -0.922. The minimum absolute atomic E-state index is 0.0920. The average Bonchev–Trinajstić information content (AvgIpc) is 3.16. The van der Waals surface area contributed by atoms with Crippen molar-refractivity contribution in [2.45, 2.75) is 18.4 Å². The molecule has 1 aliphatic carbocycles. The highest BCUT2D eigenvalue weighted by Crippen LogP contribution is 2.49. The second kappa shape index (κ2) is 6.33. The van der Waals surface area contributed by atoms with Crippen molar-refractivity contribution in [3.63, 3.8) is 0 Å². The second-order valence-corrected chi connectivity index (χ2v) is 6.70. The van der Waals surface area contributed by atoms with Gasteiger partial charge in [0, 0.05) is 11.6 Å². The van der Waals surface area contributed by atoms with Crippen LogP contribution in [-0.4, -0.2) is 24.2 Å². The molecule has 1 aliphatic heterocycles. The van der Waals surface area contributed by atoms with Crippen molar-refractivity contribution in [3.8, 4) is 0 Å². The van der Waals surface area contributed by atoms with Gasteiger partial charge in [0.25, 0.3) is 0 Å². The number of benzene rings is 2. The largest absolute Gasteiger partial charge is 0.478 e. The predicted octanol–water partition coefficient (Wildman–Crippen LogP) is 4.00. The van der Waals surface area contributed by atoms with Crippen LogP contribution >= 0.6 is 0 Å². The molecule has 0 aromatic heterocycles. The molecule has 2 N–H and O–H groups in total. The van der Waals surface area contributed by atoms with Crippen molar-refractivity contribution < 1.29 is 19.4 Å². The van der Waals surface area contributed by atoms with Crippen LogP contribution in [0.2, 0.25) is 0 Å². The SMILES string of the molecule is COC(=O)c1ccc2c(c1)[C@@H]1C=CC[C@H]1[C@@H](c1ccc(C(=O)O)cc1)N2. The lowest BCUT2D eigenvalue weighted by Crippen LogP contribution is -2.29. The van der Waals surface area contributed by atoms with Gasteiger partial charge in [-0.25, -0.2) is 9.59 Å². The zero-order valence-electron chi connectivity index (χ0n) is 14.3. The summed E-state index contributed by atoms with van der Waals surface area (Å²) in [5.41, 5.74) is 4.00. The highest BCUT2D eigenvalue weighted by molar-refractivity contribution is 5.90. The van der Waals surface area contributed by atoms with Crippen molar-refractivity contribution >= 4 is 17.6 Å². The Morgan fingerprint density at radius 2 is 1.85 bits per heavy atom. The van der Waals surface area contributed by atoms with E-state index in [0.29, 0.717) is 11.5 Å². The molecule has 1 heterocycles. The number of carboxylic acid groups (broad SMARTS) is 1. The van der Waals surface area contributed by atoms with Crippen molar-refractivity contribution in [1.82, 2.24) is 0 Å². The molecule has 0 spiro atoms. The number of carboxylic acids is 1.